The van der Waals surface area contributed by atoms with Gasteiger partial charge in [-0.3, -0.25) is 19.3 Å². The number of carbonyl (C=O) groups excluding carboxylic acids is 2. The van der Waals surface area contributed by atoms with E-state index >= 15 is 0 Å². The van der Waals surface area contributed by atoms with Gasteiger partial charge in [0.15, 0.2) is 0 Å². The minimum Gasteiger partial charge on any atom is -0.481 e. The molecular weight excluding hydrogens is 234 g/mol. The Balaban J connectivity index is 2.16. The van der Waals surface area contributed by atoms with Crippen molar-refractivity contribution in [2.75, 3.05) is 6.54 Å². The molecular formula is C13H13NO4. The first-order valence-electron chi connectivity index (χ1n) is 5.67. The molecule has 5 heteroatoms. The Morgan fingerprint density at radius 3 is 2.17 bits per heavy atom. The molecule has 0 saturated carbocycles. The van der Waals surface area contributed by atoms with Crippen molar-refractivity contribution in [3.05, 3.63) is 35.4 Å². The molecule has 0 aliphatic carbocycles. The fraction of sp³-hybridized carbons (Fsp3) is 0.308. The molecule has 0 spiro atoms. The largest absolute Gasteiger partial charge is 0.481 e. The van der Waals surface area contributed by atoms with E-state index in [1.807, 2.05) is 0 Å². The summed E-state index contributed by atoms with van der Waals surface area (Å²) in [6.07, 6.45) is -0.0621. The first-order chi connectivity index (χ1) is 8.50. The number of carboxylic acids is 1. The van der Waals surface area contributed by atoms with Crippen molar-refractivity contribution in [2.24, 2.45) is 5.92 Å². The summed E-state index contributed by atoms with van der Waals surface area (Å²) in [5, 5.41) is 8.67. The van der Waals surface area contributed by atoms with Gasteiger partial charge in [-0.1, -0.05) is 19.1 Å². The number of carboxylic acid groups (broad SMARTS) is 1. The maximum absolute atomic E-state index is 12.0. The summed E-state index contributed by atoms with van der Waals surface area (Å²) < 4.78 is 0. The van der Waals surface area contributed by atoms with E-state index < -0.39 is 5.97 Å². The number of hydrogen-bond acceptors (Lipinski definition) is 3. The molecule has 1 aromatic rings. The lowest BCUT2D eigenvalue weighted by Crippen LogP contribution is -2.34. The average molecular weight is 247 g/mol. The van der Waals surface area contributed by atoms with E-state index in [-0.39, 0.29) is 30.7 Å². The number of nitrogens with zero attached hydrogens (tertiary/aromatic N) is 1. The Bertz CT molecular complexity index is 488. The summed E-state index contributed by atoms with van der Waals surface area (Å²) in [5.41, 5.74) is 0.787. The highest BCUT2D eigenvalue weighted by molar-refractivity contribution is 6.21. The predicted molar refractivity (Wildman–Crippen MR) is 63.2 cm³/mol. The summed E-state index contributed by atoms with van der Waals surface area (Å²) in [4.78, 5) is 35.7. The molecule has 1 aliphatic rings. The van der Waals surface area contributed by atoms with Crippen molar-refractivity contribution >= 4 is 17.8 Å². The SMILES string of the molecule is CC(CC(=O)O)CN1C(=O)c2ccccc2C1=O. The van der Waals surface area contributed by atoms with Gasteiger partial charge in [0.1, 0.15) is 0 Å². The van der Waals surface area contributed by atoms with Crippen molar-refractivity contribution in [3.63, 3.8) is 0 Å². The highest BCUT2D eigenvalue weighted by Crippen LogP contribution is 2.23. The number of hydrogen-bond donors (Lipinski definition) is 1. The van der Waals surface area contributed by atoms with Crippen molar-refractivity contribution in [2.45, 2.75) is 13.3 Å². The van der Waals surface area contributed by atoms with Gasteiger partial charge in [-0.05, 0) is 18.1 Å². The van der Waals surface area contributed by atoms with Crippen LogP contribution in [-0.4, -0.2) is 34.3 Å². The first kappa shape index (κ1) is 12.3. The quantitative estimate of drug-likeness (QED) is 0.816. The third-order valence-corrected chi connectivity index (χ3v) is 2.90. The molecule has 94 valence electrons. The molecule has 1 atom stereocenters. The highest BCUT2D eigenvalue weighted by Gasteiger charge is 2.35. The van der Waals surface area contributed by atoms with Crippen molar-refractivity contribution in [1.29, 1.82) is 0 Å². The average Bonchev–Trinajstić information content (AvgIpc) is 2.54. The monoisotopic (exact) mass is 247 g/mol. The molecule has 0 bridgehead atoms. The maximum atomic E-state index is 12.0. The molecule has 0 radical (unpaired) electrons. The summed E-state index contributed by atoms with van der Waals surface area (Å²) in [6.45, 7) is 1.84. The molecule has 2 rings (SSSR count). The normalized spacial score (nSPS) is 15.7. The zero-order valence-corrected chi connectivity index (χ0v) is 9.92. The van der Waals surface area contributed by atoms with Crippen molar-refractivity contribution in [3.8, 4) is 0 Å². The summed E-state index contributed by atoms with van der Waals surface area (Å²) in [7, 11) is 0. The van der Waals surface area contributed by atoms with E-state index in [2.05, 4.69) is 0 Å². The van der Waals surface area contributed by atoms with Crippen LogP contribution in [0.1, 0.15) is 34.1 Å². The molecule has 1 N–H and O–H groups in total. The van der Waals surface area contributed by atoms with Gasteiger partial charge in [-0.25, -0.2) is 0 Å². The van der Waals surface area contributed by atoms with Crippen LogP contribution in [0.25, 0.3) is 0 Å². The molecule has 0 saturated heterocycles. The third kappa shape index (κ3) is 2.11. The van der Waals surface area contributed by atoms with Gasteiger partial charge in [0, 0.05) is 13.0 Å². The highest BCUT2D eigenvalue weighted by atomic mass is 16.4. The van der Waals surface area contributed by atoms with Gasteiger partial charge in [-0.2, -0.15) is 0 Å². The Hall–Kier alpha value is -2.17. The number of carbonyl (C=O) groups is 3. The Kier molecular flexibility index (Phi) is 3.14. The Morgan fingerprint density at radius 2 is 1.72 bits per heavy atom. The lowest BCUT2D eigenvalue weighted by Gasteiger charge is -2.17. The van der Waals surface area contributed by atoms with Gasteiger partial charge in [0.2, 0.25) is 0 Å². The van der Waals surface area contributed by atoms with E-state index in [0.717, 1.165) is 4.90 Å². The van der Waals surface area contributed by atoms with Crippen LogP contribution in [0.4, 0.5) is 0 Å². The maximum Gasteiger partial charge on any atom is 0.303 e. The third-order valence-electron chi connectivity index (χ3n) is 2.90. The predicted octanol–water partition coefficient (Wildman–Crippen LogP) is 1.39. The second-order valence-corrected chi connectivity index (χ2v) is 4.47. The van der Waals surface area contributed by atoms with Crippen LogP contribution in [-0.2, 0) is 4.79 Å². The number of rotatable bonds is 4. The van der Waals surface area contributed by atoms with Crippen LogP contribution < -0.4 is 0 Å². The van der Waals surface area contributed by atoms with Crippen LogP contribution >= 0.6 is 0 Å². The fourth-order valence-electron chi connectivity index (χ4n) is 2.08. The van der Waals surface area contributed by atoms with E-state index in [1.165, 1.54) is 0 Å². The molecule has 1 heterocycles. The minimum absolute atomic E-state index is 0.0621. The number of amides is 2. The van der Waals surface area contributed by atoms with Gasteiger partial charge >= 0.3 is 5.97 Å². The summed E-state index contributed by atoms with van der Waals surface area (Å²) >= 11 is 0. The van der Waals surface area contributed by atoms with Crippen molar-refractivity contribution in [1.82, 2.24) is 4.90 Å². The molecule has 1 aromatic carbocycles. The van der Waals surface area contributed by atoms with E-state index in [0.29, 0.717) is 11.1 Å². The standard InChI is InChI=1S/C13H13NO4/c1-8(6-11(15)16)7-14-12(17)9-4-2-3-5-10(9)13(14)18/h2-5,8H,6-7H2,1H3,(H,15,16). The Labute approximate surface area is 104 Å². The van der Waals surface area contributed by atoms with Gasteiger partial charge in [0.05, 0.1) is 11.1 Å². The van der Waals surface area contributed by atoms with Crippen LogP contribution in [0.15, 0.2) is 24.3 Å². The second kappa shape index (κ2) is 4.60. The fourth-order valence-corrected chi connectivity index (χ4v) is 2.08. The topological polar surface area (TPSA) is 74.7 Å². The van der Waals surface area contributed by atoms with Crippen molar-refractivity contribution < 1.29 is 19.5 Å². The smallest absolute Gasteiger partial charge is 0.303 e. The zero-order chi connectivity index (χ0) is 13.3. The van der Waals surface area contributed by atoms with Gasteiger partial charge in [0.25, 0.3) is 11.8 Å². The lowest BCUT2D eigenvalue weighted by molar-refractivity contribution is -0.138. The summed E-state index contributed by atoms with van der Waals surface area (Å²) in [5.74, 6) is -1.87. The molecule has 1 unspecified atom stereocenters. The van der Waals surface area contributed by atoms with E-state index in [9.17, 15) is 14.4 Å². The molecule has 0 aromatic heterocycles. The lowest BCUT2D eigenvalue weighted by atomic mass is 10.1. The van der Waals surface area contributed by atoms with E-state index in [1.54, 1.807) is 31.2 Å². The second-order valence-electron chi connectivity index (χ2n) is 4.47. The first-order valence-corrected chi connectivity index (χ1v) is 5.67. The number of fused-ring (bicyclic) bond motifs is 1. The van der Waals surface area contributed by atoms with Gasteiger partial charge < -0.3 is 5.11 Å². The van der Waals surface area contributed by atoms with Gasteiger partial charge in [-0.15, -0.1) is 0 Å². The van der Waals surface area contributed by atoms with Crippen LogP contribution in [0.5, 0.6) is 0 Å². The number of aliphatic carboxylic acids is 1. The molecule has 2 amide bonds. The summed E-state index contributed by atoms with van der Waals surface area (Å²) in [6, 6.07) is 6.62. The molecule has 0 fully saturated rings. The van der Waals surface area contributed by atoms with Crippen LogP contribution in [0.2, 0.25) is 0 Å². The number of benzene rings is 1. The molecule has 5 nitrogen and oxygen atoms in total. The molecule has 1 aliphatic heterocycles. The zero-order valence-electron chi connectivity index (χ0n) is 9.92. The van der Waals surface area contributed by atoms with Crippen LogP contribution in [0.3, 0.4) is 0 Å². The Morgan fingerprint density at radius 1 is 1.22 bits per heavy atom. The molecule has 18 heavy (non-hydrogen) atoms. The van der Waals surface area contributed by atoms with Crippen LogP contribution in [0, 0.1) is 5.92 Å². The minimum atomic E-state index is -0.931. The van der Waals surface area contributed by atoms with E-state index in [4.69, 9.17) is 5.11 Å². The number of imide groups is 1.